The minimum Gasteiger partial charge on any atom is -0.507 e. The summed E-state index contributed by atoms with van der Waals surface area (Å²) in [5.41, 5.74) is 4.44. The highest BCUT2D eigenvalue weighted by Gasteiger charge is 2.33. The van der Waals surface area contributed by atoms with Gasteiger partial charge in [-0.05, 0) is 82.8 Å². The van der Waals surface area contributed by atoms with Gasteiger partial charge in [0.15, 0.2) is 0 Å². The lowest BCUT2D eigenvalue weighted by Crippen LogP contribution is -2.50. The summed E-state index contributed by atoms with van der Waals surface area (Å²) < 4.78 is 5.76. The summed E-state index contributed by atoms with van der Waals surface area (Å²) in [6, 6.07) is 12.8. The molecule has 0 spiro atoms. The molecule has 0 unspecified atom stereocenters. The van der Waals surface area contributed by atoms with E-state index in [9.17, 15) is 9.90 Å². The van der Waals surface area contributed by atoms with Gasteiger partial charge in [0.1, 0.15) is 11.3 Å². The van der Waals surface area contributed by atoms with Crippen molar-refractivity contribution in [2.24, 2.45) is 5.92 Å². The number of hydrogen-bond donors (Lipinski definition) is 1. The molecule has 5 rings (SSSR count). The van der Waals surface area contributed by atoms with Gasteiger partial charge in [-0.15, -0.1) is 0 Å². The van der Waals surface area contributed by atoms with Crippen LogP contribution >= 0.6 is 0 Å². The molecule has 0 saturated carbocycles. The second kappa shape index (κ2) is 10.2. The Bertz CT molecular complexity index is 1250. The number of hydrogen-bond acceptors (Lipinski definition) is 5. The number of rotatable bonds is 6. The lowest BCUT2D eigenvalue weighted by atomic mass is 9.83. The Balaban J connectivity index is 1.41. The zero-order valence-electron chi connectivity index (χ0n) is 21.3. The van der Waals surface area contributed by atoms with Crippen LogP contribution in [0.4, 0.5) is 0 Å². The van der Waals surface area contributed by atoms with Crippen molar-refractivity contribution in [3.8, 4) is 5.75 Å². The average molecular weight is 475 g/mol. The van der Waals surface area contributed by atoms with E-state index in [4.69, 9.17) is 4.42 Å². The summed E-state index contributed by atoms with van der Waals surface area (Å²) in [4.78, 5) is 17.9. The molecule has 1 aromatic heterocycles. The molecule has 2 aromatic carbocycles. The molecule has 0 bridgehead atoms. The molecule has 0 amide bonds. The zero-order chi connectivity index (χ0) is 24.5. The van der Waals surface area contributed by atoms with E-state index in [0.717, 1.165) is 28.6 Å². The Morgan fingerprint density at radius 1 is 1.06 bits per heavy atom. The molecule has 5 heteroatoms. The lowest BCUT2D eigenvalue weighted by molar-refractivity contribution is 0.0434. The summed E-state index contributed by atoms with van der Waals surface area (Å²) >= 11 is 0. The highest BCUT2D eigenvalue weighted by atomic mass is 16.4. The van der Waals surface area contributed by atoms with Gasteiger partial charge in [-0.1, -0.05) is 36.8 Å². The van der Waals surface area contributed by atoms with Gasteiger partial charge in [0.25, 0.3) is 0 Å². The summed E-state index contributed by atoms with van der Waals surface area (Å²) in [7, 11) is 2.17. The van der Waals surface area contributed by atoms with Crippen molar-refractivity contribution in [2.45, 2.75) is 65.0 Å². The number of benzene rings is 2. The predicted molar refractivity (Wildman–Crippen MR) is 141 cm³/mol. The Labute approximate surface area is 208 Å². The molecule has 0 aliphatic carbocycles. The molecular weight excluding hydrogens is 436 g/mol. The van der Waals surface area contributed by atoms with Crippen LogP contribution < -0.4 is 5.63 Å². The molecule has 3 heterocycles. The molecule has 1 N–H and O–H groups in total. The molecule has 35 heavy (non-hydrogen) atoms. The van der Waals surface area contributed by atoms with Crippen LogP contribution in [0.3, 0.4) is 0 Å². The topological polar surface area (TPSA) is 56.9 Å². The third-order valence-corrected chi connectivity index (χ3v) is 8.30. The number of phenolic OH excluding ortho intramolecular Hbond substituents is 1. The van der Waals surface area contributed by atoms with Crippen molar-refractivity contribution in [3.05, 3.63) is 74.6 Å². The third kappa shape index (κ3) is 4.89. The first-order chi connectivity index (χ1) is 16.9. The van der Waals surface area contributed by atoms with Crippen LogP contribution in [0.2, 0.25) is 0 Å². The molecule has 3 aromatic rings. The summed E-state index contributed by atoms with van der Waals surface area (Å²) in [6.45, 7) is 8.08. The number of fused-ring (bicyclic) bond motifs is 2. The van der Waals surface area contributed by atoms with E-state index in [1.165, 1.54) is 45.2 Å². The molecular formula is C30H38N2O3. The van der Waals surface area contributed by atoms with Gasteiger partial charge in [-0.2, -0.15) is 0 Å². The smallest absolute Gasteiger partial charge is 0.340 e. The van der Waals surface area contributed by atoms with Crippen LogP contribution in [0, 0.1) is 19.8 Å². The Morgan fingerprint density at radius 2 is 1.83 bits per heavy atom. The first-order valence-corrected chi connectivity index (χ1v) is 13.2. The number of aryl methyl sites for hydroxylation is 2. The maximum atomic E-state index is 12.9. The monoisotopic (exact) mass is 474 g/mol. The van der Waals surface area contributed by atoms with E-state index >= 15 is 0 Å². The fraction of sp³-hybridized carbons (Fsp3) is 0.500. The van der Waals surface area contributed by atoms with E-state index in [-0.39, 0.29) is 11.4 Å². The van der Waals surface area contributed by atoms with Crippen molar-refractivity contribution < 1.29 is 9.52 Å². The lowest BCUT2D eigenvalue weighted by Gasteiger charge is -2.45. The van der Waals surface area contributed by atoms with Crippen LogP contribution in [0.15, 0.2) is 45.6 Å². The largest absolute Gasteiger partial charge is 0.507 e. The molecule has 2 fully saturated rings. The summed E-state index contributed by atoms with van der Waals surface area (Å²) in [5.74, 6) is 0.931. The molecule has 5 nitrogen and oxygen atoms in total. The quantitative estimate of drug-likeness (QED) is 0.485. The number of phenols is 1. The van der Waals surface area contributed by atoms with Crippen molar-refractivity contribution in [2.75, 3.05) is 26.7 Å². The van der Waals surface area contributed by atoms with Gasteiger partial charge >= 0.3 is 5.63 Å². The highest BCUT2D eigenvalue weighted by molar-refractivity contribution is 5.86. The van der Waals surface area contributed by atoms with Gasteiger partial charge < -0.3 is 19.3 Å². The number of aromatic hydroxyl groups is 1. The Morgan fingerprint density at radius 3 is 2.63 bits per heavy atom. The Kier molecular flexibility index (Phi) is 6.99. The van der Waals surface area contributed by atoms with Gasteiger partial charge in [-0.25, -0.2) is 4.79 Å². The zero-order valence-corrected chi connectivity index (χ0v) is 21.3. The summed E-state index contributed by atoms with van der Waals surface area (Å²) in [6.07, 6.45) is 7.13. The van der Waals surface area contributed by atoms with Crippen LogP contribution in [0.5, 0.6) is 5.75 Å². The second-order valence-electron chi connectivity index (χ2n) is 10.7. The van der Waals surface area contributed by atoms with E-state index < -0.39 is 0 Å². The van der Waals surface area contributed by atoms with E-state index in [1.807, 2.05) is 50.2 Å². The van der Waals surface area contributed by atoms with Crippen molar-refractivity contribution in [3.63, 3.8) is 0 Å². The molecule has 2 saturated heterocycles. The van der Waals surface area contributed by atoms with Gasteiger partial charge in [0.2, 0.25) is 0 Å². The van der Waals surface area contributed by atoms with E-state index in [1.54, 1.807) is 0 Å². The van der Waals surface area contributed by atoms with Crippen LogP contribution in [-0.2, 0) is 13.0 Å². The van der Waals surface area contributed by atoms with Gasteiger partial charge in [0, 0.05) is 47.6 Å². The van der Waals surface area contributed by atoms with Crippen molar-refractivity contribution >= 4 is 11.0 Å². The molecule has 2 atom stereocenters. The minimum atomic E-state index is -0.319. The van der Waals surface area contributed by atoms with Crippen LogP contribution in [-0.4, -0.2) is 47.6 Å². The van der Waals surface area contributed by atoms with E-state index in [2.05, 4.69) is 16.8 Å². The van der Waals surface area contributed by atoms with Gasteiger partial charge in [-0.3, -0.25) is 0 Å². The predicted octanol–water partition coefficient (Wildman–Crippen LogP) is 5.40. The SMILES string of the molecule is Cc1c(Cc2ccccc2)c(=O)oc2c(C)c(O)c(CN(C)C[C@@H]3CCCN4CCCC[C@H]34)cc12. The number of nitrogens with zero attached hydrogens (tertiary/aromatic N) is 2. The van der Waals surface area contributed by atoms with Crippen LogP contribution in [0.1, 0.15) is 59.9 Å². The normalized spacial score (nSPS) is 20.9. The standard InChI is InChI=1S/C30H38N2O3/c1-20-25-17-24(19-31(3)18-23-12-9-15-32-14-8-7-13-27(23)32)28(33)21(2)29(25)35-30(34)26(20)16-22-10-5-4-6-11-22/h4-6,10-11,17,23,27,33H,7-9,12-16,18-19H2,1-3H3/t23-,27+/m0/s1. The second-order valence-corrected chi connectivity index (χ2v) is 10.7. The third-order valence-electron chi connectivity index (χ3n) is 8.30. The van der Waals surface area contributed by atoms with E-state index in [0.29, 0.717) is 41.6 Å². The minimum absolute atomic E-state index is 0.241. The molecule has 2 aliphatic heterocycles. The maximum absolute atomic E-state index is 12.9. The number of piperidine rings is 2. The summed E-state index contributed by atoms with van der Waals surface area (Å²) in [5, 5.41) is 11.9. The van der Waals surface area contributed by atoms with Gasteiger partial charge in [0.05, 0.1) is 0 Å². The van der Waals surface area contributed by atoms with Crippen molar-refractivity contribution in [1.29, 1.82) is 0 Å². The van der Waals surface area contributed by atoms with Crippen molar-refractivity contribution in [1.82, 2.24) is 9.80 Å². The molecule has 2 aliphatic rings. The highest BCUT2D eigenvalue weighted by Crippen LogP contribution is 2.35. The Hall–Kier alpha value is -2.63. The molecule has 186 valence electrons. The average Bonchev–Trinajstić information content (AvgIpc) is 2.86. The first kappa shape index (κ1) is 24.1. The maximum Gasteiger partial charge on any atom is 0.340 e. The fourth-order valence-corrected chi connectivity index (χ4v) is 6.41. The first-order valence-electron chi connectivity index (χ1n) is 13.2. The van der Waals surface area contributed by atoms with Crippen LogP contribution in [0.25, 0.3) is 11.0 Å². The fourth-order valence-electron chi connectivity index (χ4n) is 6.41. The molecule has 0 radical (unpaired) electrons.